The number of amides is 2. The van der Waals surface area contributed by atoms with E-state index in [1.165, 1.54) is 16.2 Å². The molecule has 1 N–H and O–H groups in total. The van der Waals surface area contributed by atoms with Crippen LogP contribution in [0, 0.1) is 0 Å². The maximum absolute atomic E-state index is 12.9. The minimum Gasteiger partial charge on any atom is -0.358 e. The van der Waals surface area contributed by atoms with Gasteiger partial charge < -0.3 is 10.1 Å². The first-order valence-corrected chi connectivity index (χ1v) is 14.4. The van der Waals surface area contributed by atoms with E-state index in [2.05, 4.69) is 32.3 Å². The van der Waals surface area contributed by atoms with E-state index in [4.69, 9.17) is 4.74 Å². The Balaban J connectivity index is 1.85. The minimum atomic E-state index is -0.125. The second-order valence-electron chi connectivity index (χ2n) is 9.91. The maximum atomic E-state index is 12.9. The van der Waals surface area contributed by atoms with Gasteiger partial charge in [0, 0.05) is 6.42 Å². The van der Waals surface area contributed by atoms with Crippen molar-refractivity contribution >= 4 is 34.1 Å². The Morgan fingerprint density at radius 2 is 1.82 bits per heavy atom. The molecular formula is C30H42N6O3S. The van der Waals surface area contributed by atoms with Crippen molar-refractivity contribution in [2.75, 3.05) is 16.9 Å². The molecule has 0 aliphatic rings. The van der Waals surface area contributed by atoms with Crippen molar-refractivity contribution in [2.45, 2.75) is 86.2 Å². The number of anilines is 2. The highest BCUT2D eigenvalue weighted by Gasteiger charge is 2.21. The lowest BCUT2D eigenvalue weighted by atomic mass is 10.1. The molecule has 40 heavy (non-hydrogen) atoms. The average Bonchev–Trinajstić information content (AvgIpc) is 3.35. The molecule has 0 spiro atoms. The third-order valence-corrected chi connectivity index (χ3v) is 6.58. The van der Waals surface area contributed by atoms with Crippen LogP contribution in [0.3, 0.4) is 0 Å². The molecule has 10 heteroatoms. The molecule has 2 rings (SSSR count). The molecule has 0 aromatic carbocycles. The number of ether oxygens (including phenoxy) is 1. The van der Waals surface area contributed by atoms with Crippen LogP contribution in [0.2, 0.25) is 0 Å². The van der Waals surface area contributed by atoms with Crippen molar-refractivity contribution in [3.05, 3.63) is 70.4 Å². The van der Waals surface area contributed by atoms with Gasteiger partial charge in [-0.2, -0.15) is 5.10 Å². The summed E-state index contributed by atoms with van der Waals surface area (Å²) in [6, 6.07) is 3.67. The number of aromatic nitrogens is 4. The first-order chi connectivity index (χ1) is 19.1. The number of carbonyl (C=O) groups is 2. The molecule has 0 aliphatic carbocycles. The quantitative estimate of drug-likeness (QED) is 0.143. The van der Waals surface area contributed by atoms with E-state index in [-0.39, 0.29) is 31.1 Å². The summed E-state index contributed by atoms with van der Waals surface area (Å²) in [6.07, 6.45) is 11.4. The molecule has 0 fully saturated rings. The highest BCUT2D eigenvalue weighted by atomic mass is 32.1. The van der Waals surface area contributed by atoms with Gasteiger partial charge in [-0.15, -0.1) is 15.3 Å². The van der Waals surface area contributed by atoms with Crippen molar-refractivity contribution in [2.24, 2.45) is 0 Å². The van der Waals surface area contributed by atoms with E-state index in [9.17, 15) is 9.59 Å². The van der Waals surface area contributed by atoms with Crippen molar-refractivity contribution in [3.63, 3.8) is 0 Å². The van der Waals surface area contributed by atoms with Crippen LogP contribution >= 0.6 is 11.3 Å². The Morgan fingerprint density at radius 3 is 2.45 bits per heavy atom. The summed E-state index contributed by atoms with van der Waals surface area (Å²) in [5.41, 5.74) is 3.70. The Hall–Kier alpha value is -3.50. The normalized spacial score (nSPS) is 11.6. The molecule has 0 radical (unpaired) electrons. The fourth-order valence-electron chi connectivity index (χ4n) is 3.62. The van der Waals surface area contributed by atoms with E-state index in [1.54, 1.807) is 6.07 Å². The number of allylic oxidation sites excluding steroid dienone is 5. The molecule has 2 aromatic heterocycles. The van der Waals surface area contributed by atoms with Crippen LogP contribution in [0.25, 0.3) is 0 Å². The number of aryl methyl sites for hydroxylation is 2. The lowest BCUT2D eigenvalue weighted by molar-refractivity contribution is -0.119. The first-order valence-electron chi connectivity index (χ1n) is 13.6. The van der Waals surface area contributed by atoms with Gasteiger partial charge >= 0.3 is 0 Å². The highest BCUT2D eigenvalue weighted by molar-refractivity contribution is 7.15. The Morgan fingerprint density at radius 1 is 1.07 bits per heavy atom. The number of rotatable bonds is 16. The molecule has 0 saturated carbocycles. The summed E-state index contributed by atoms with van der Waals surface area (Å²) < 4.78 is 5.70. The predicted molar refractivity (Wildman–Crippen MR) is 162 cm³/mol. The maximum Gasteiger partial charge on any atom is 0.235 e. The van der Waals surface area contributed by atoms with Crippen LogP contribution in [-0.2, 0) is 27.2 Å². The van der Waals surface area contributed by atoms with E-state index in [0.29, 0.717) is 17.4 Å². The summed E-state index contributed by atoms with van der Waals surface area (Å²) in [6.45, 7) is 15.7. The van der Waals surface area contributed by atoms with E-state index >= 15 is 0 Å². The van der Waals surface area contributed by atoms with E-state index < -0.39 is 0 Å². The van der Waals surface area contributed by atoms with E-state index in [1.807, 2.05) is 71.9 Å². The Labute approximate surface area is 242 Å². The molecule has 2 heterocycles. The van der Waals surface area contributed by atoms with Gasteiger partial charge in [-0.25, -0.2) is 0 Å². The van der Waals surface area contributed by atoms with Gasteiger partial charge in [0.2, 0.25) is 16.9 Å². The van der Waals surface area contributed by atoms with E-state index in [0.717, 1.165) is 53.1 Å². The number of nitrogens with one attached hydrogen (secondary N) is 1. The molecule has 9 nitrogen and oxygen atoms in total. The number of nitrogens with zero attached hydrogens (tertiary/aromatic N) is 5. The summed E-state index contributed by atoms with van der Waals surface area (Å²) in [5, 5.41) is 21.2. The highest BCUT2D eigenvalue weighted by Crippen LogP contribution is 2.24. The van der Waals surface area contributed by atoms with Crippen LogP contribution < -0.4 is 10.2 Å². The van der Waals surface area contributed by atoms with Gasteiger partial charge in [0.15, 0.2) is 5.82 Å². The van der Waals surface area contributed by atoms with Crippen molar-refractivity contribution in [3.8, 4) is 0 Å². The third kappa shape index (κ3) is 12.1. The van der Waals surface area contributed by atoms with Gasteiger partial charge in [0.25, 0.3) is 0 Å². The molecular weight excluding hydrogens is 524 g/mol. The Bertz CT molecular complexity index is 1210. The molecule has 2 amide bonds. The fourth-order valence-corrected chi connectivity index (χ4v) is 4.50. The average molecular weight is 567 g/mol. The molecule has 216 valence electrons. The predicted octanol–water partition coefficient (Wildman–Crippen LogP) is 6.37. The van der Waals surface area contributed by atoms with Gasteiger partial charge in [-0.3, -0.25) is 14.5 Å². The lowest BCUT2D eigenvalue weighted by Crippen LogP contribution is -2.34. The number of carbonyl (C=O) groups excluding carboxylic acids is 2. The molecule has 0 aliphatic heterocycles. The summed E-state index contributed by atoms with van der Waals surface area (Å²) in [7, 11) is 0. The summed E-state index contributed by atoms with van der Waals surface area (Å²) >= 11 is 1.40. The monoisotopic (exact) mass is 566 g/mol. The smallest absolute Gasteiger partial charge is 0.235 e. The standard InChI is InChI=1S/C30H42N6O3S/c1-8-12-23(7)18-29(38)36(20-39-22(5)6)30-35-34-28(40-30)14-11-10-13-25-15-16-26(33-32-25)31-27(37)19-24(9-2)17-21(3)4/h8-9,12,15-17,22H,7,10-11,13-14,18-20H2,1-6H3,(H,31,33,37)/b12-8-,24-9+. The second kappa shape index (κ2) is 17.2. The number of hydrogen-bond acceptors (Lipinski definition) is 8. The molecule has 0 unspecified atom stereocenters. The van der Waals surface area contributed by atoms with Crippen LogP contribution in [0.5, 0.6) is 0 Å². The molecule has 0 saturated heterocycles. The second-order valence-corrected chi connectivity index (χ2v) is 10.9. The minimum absolute atomic E-state index is 0.0199. The van der Waals surface area contributed by atoms with Crippen molar-refractivity contribution in [1.82, 2.24) is 20.4 Å². The van der Waals surface area contributed by atoms with Crippen molar-refractivity contribution < 1.29 is 14.3 Å². The number of hydrogen-bond donors (Lipinski definition) is 1. The van der Waals surface area contributed by atoms with Crippen LogP contribution in [0.1, 0.15) is 77.9 Å². The van der Waals surface area contributed by atoms with Gasteiger partial charge in [0.05, 0.1) is 24.6 Å². The zero-order valence-electron chi connectivity index (χ0n) is 24.6. The van der Waals surface area contributed by atoms with Gasteiger partial charge in [0.1, 0.15) is 11.7 Å². The summed E-state index contributed by atoms with van der Waals surface area (Å²) in [4.78, 5) is 26.8. The number of unbranched alkanes of at least 4 members (excludes halogenated alkanes) is 1. The zero-order valence-corrected chi connectivity index (χ0v) is 25.4. The van der Waals surface area contributed by atoms with Crippen LogP contribution in [-0.4, -0.2) is 45.0 Å². The largest absolute Gasteiger partial charge is 0.358 e. The lowest BCUT2D eigenvalue weighted by Gasteiger charge is -2.20. The third-order valence-electron chi connectivity index (χ3n) is 5.58. The molecule has 2 aromatic rings. The van der Waals surface area contributed by atoms with Gasteiger partial charge in [-0.05, 0) is 84.1 Å². The molecule has 0 atom stereocenters. The SMILES string of the molecule is C=C(/C=C\C)CC(=O)N(COC(C)C)c1nnc(CCCCc2ccc(NC(=O)C/C(C=C(C)C)=C/C)nn2)s1. The van der Waals surface area contributed by atoms with Crippen LogP contribution in [0.4, 0.5) is 10.9 Å². The topological polar surface area (TPSA) is 110 Å². The van der Waals surface area contributed by atoms with Gasteiger partial charge in [-0.1, -0.05) is 47.8 Å². The summed E-state index contributed by atoms with van der Waals surface area (Å²) in [5.74, 6) is 0.195. The Kier molecular flexibility index (Phi) is 14.1. The van der Waals surface area contributed by atoms with Crippen molar-refractivity contribution in [1.29, 1.82) is 0 Å². The first kappa shape index (κ1) is 32.7. The molecule has 0 bridgehead atoms. The fraction of sp³-hybridized carbons (Fsp3) is 0.467. The van der Waals surface area contributed by atoms with Crippen LogP contribution in [0.15, 0.2) is 59.7 Å². The zero-order chi connectivity index (χ0) is 29.5.